The molecule has 7 nitrogen and oxygen atoms in total. The number of aryl methyl sites for hydroxylation is 1. The Labute approximate surface area is 201 Å². The Morgan fingerprint density at radius 3 is 2.53 bits per heavy atom. The molecule has 1 atom stereocenters. The van der Waals surface area contributed by atoms with Crippen LogP contribution in [0.2, 0.25) is 0 Å². The van der Waals surface area contributed by atoms with Crippen LogP contribution in [0.15, 0.2) is 42.9 Å². The van der Waals surface area contributed by atoms with E-state index in [9.17, 15) is 0 Å². The molecule has 1 fully saturated rings. The van der Waals surface area contributed by atoms with E-state index in [1.54, 1.807) is 6.33 Å². The van der Waals surface area contributed by atoms with Crippen molar-refractivity contribution >= 4 is 5.65 Å². The zero-order chi connectivity index (χ0) is 24.0. The number of hydrogen-bond acceptors (Lipinski definition) is 5. The lowest BCUT2D eigenvalue weighted by Gasteiger charge is -2.42. The summed E-state index contributed by atoms with van der Waals surface area (Å²) in [6.07, 6.45) is 3.60. The Kier molecular flexibility index (Phi) is 5.78. The van der Waals surface area contributed by atoms with Gasteiger partial charge in [-0.05, 0) is 49.6 Å². The molecule has 0 unspecified atom stereocenters. The van der Waals surface area contributed by atoms with Crippen LogP contribution in [0.1, 0.15) is 56.3 Å². The Hall–Kier alpha value is -3.03. The number of aromatic amines is 1. The molecule has 7 heteroatoms. The minimum Gasteiger partial charge on any atom is -0.380 e. The van der Waals surface area contributed by atoms with Gasteiger partial charge >= 0.3 is 0 Å². The van der Waals surface area contributed by atoms with Gasteiger partial charge in [0.05, 0.1) is 24.6 Å². The lowest BCUT2D eigenvalue weighted by Crippen LogP contribution is -2.48. The highest BCUT2D eigenvalue weighted by Crippen LogP contribution is 2.37. The largest absolute Gasteiger partial charge is 0.380 e. The fourth-order valence-corrected chi connectivity index (χ4v) is 5.04. The molecule has 1 N–H and O–H groups in total. The summed E-state index contributed by atoms with van der Waals surface area (Å²) in [5, 5.41) is 12.4. The minimum absolute atomic E-state index is 0.273. The second kappa shape index (κ2) is 8.64. The molecule has 4 heterocycles. The van der Waals surface area contributed by atoms with E-state index in [-0.39, 0.29) is 5.41 Å². The summed E-state index contributed by atoms with van der Waals surface area (Å²) < 4.78 is 7.26. The molecule has 4 aromatic rings. The molecule has 0 amide bonds. The molecular formula is C27H34N6O. The molecule has 0 radical (unpaired) electrons. The Bertz CT molecular complexity index is 1300. The molecule has 3 aromatic heterocycles. The molecule has 0 spiro atoms. The molecule has 1 aliphatic heterocycles. The smallest absolute Gasteiger partial charge is 0.158 e. The quantitative estimate of drug-likeness (QED) is 0.410. The number of H-pyrrole nitrogens is 1. The Morgan fingerprint density at radius 2 is 1.88 bits per heavy atom. The third kappa shape index (κ3) is 4.03. The number of pyridine rings is 1. The normalized spacial score (nSPS) is 16.4. The number of nitrogens with zero attached hydrogens (tertiary/aromatic N) is 5. The molecule has 0 bridgehead atoms. The highest BCUT2D eigenvalue weighted by molar-refractivity contribution is 5.75. The van der Waals surface area contributed by atoms with Gasteiger partial charge in [0, 0.05) is 35.3 Å². The molecule has 1 aromatic carbocycles. The van der Waals surface area contributed by atoms with Gasteiger partial charge in [0.15, 0.2) is 5.65 Å². The summed E-state index contributed by atoms with van der Waals surface area (Å²) in [6, 6.07) is 11.4. The summed E-state index contributed by atoms with van der Waals surface area (Å²) in [6.45, 7) is 13.8. The summed E-state index contributed by atoms with van der Waals surface area (Å²) in [5.74, 6) is 0.311. The molecule has 0 aliphatic carbocycles. The fraction of sp³-hybridized carbons (Fsp3) is 0.444. The van der Waals surface area contributed by atoms with Crippen molar-refractivity contribution in [3.8, 4) is 22.5 Å². The monoisotopic (exact) mass is 458 g/mol. The van der Waals surface area contributed by atoms with Crippen LogP contribution in [0.5, 0.6) is 0 Å². The van der Waals surface area contributed by atoms with E-state index in [0.29, 0.717) is 12.0 Å². The molecular weight excluding hydrogens is 424 g/mol. The summed E-state index contributed by atoms with van der Waals surface area (Å²) in [5.41, 5.74) is 9.00. The van der Waals surface area contributed by atoms with Crippen LogP contribution in [0.3, 0.4) is 0 Å². The number of ether oxygens (including phenoxy) is 1. The molecule has 34 heavy (non-hydrogen) atoms. The average Bonchev–Trinajstić information content (AvgIpc) is 3.45. The lowest BCUT2D eigenvalue weighted by molar-refractivity contribution is -0.115. The van der Waals surface area contributed by atoms with Gasteiger partial charge in [-0.1, -0.05) is 45.0 Å². The molecule has 1 aliphatic rings. The van der Waals surface area contributed by atoms with Crippen molar-refractivity contribution in [2.24, 2.45) is 5.41 Å². The fourth-order valence-electron chi connectivity index (χ4n) is 5.04. The number of benzene rings is 1. The molecule has 1 saturated heterocycles. The van der Waals surface area contributed by atoms with Gasteiger partial charge in [0.2, 0.25) is 0 Å². The van der Waals surface area contributed by atoms with Crippen molar-refractivity contribution in [2.45, 2.75) is 46.6 Å². The van der Waals surface area contributed by atoms with Crippen molar-refractivity contribution in [1.82, 2.24) is 29.7 Å². The third-order valence-electron chi connectivity index (χ3n) is 7.09. The van der Waals surface area contributed by atoms with Crippen molar-refractivity contribution in [3.05, 3.63) is 59.5 Å². The zero-order valence-corrected chi connectivity index (χ0v) is 21.0. The lowest BCUT2D eigenvalue weighted by atomic mass is 9.87. The number of aromatic nitrogens is 5. The van der Waals surface area contributed by atoms with E-state index in [2.05, 4.69) is 92.1 Å². The van der Waals surface area contributed by atoms with E-state index in [1.165, 1.54) is 11.1 Å². The summed E-state index contributed by atoms with van der Waals surface area (Å²) in [7, 11) is 2.20. The maximum atomic E-state index is 5.43. The first-order valence-electron chi connectivity index (χ1n) is 12.0. The van der Waals surface area contributed by atoms with Crippen LogP contribution >= 0.6 is 0 Å². The number of fused-ring (bicyclic) bond motifs is 1. The van der Waals surface area contributed by atoms with E-state index < -0.39 is 0 Å². The van der Waals surface area contributed by atoms with Crippen LogP contribution in [0, 0.1) is 12.3 Å². The number of rotatable bonds is 7. The third-order valence-corrected chi connectivity index (χ3v) is 7.09. The summed E-state index contributed by atoms with van der Waals surface area (Å²) >= 11 is 0. The second-order valence-electron chi connectivity index (χ2n) is 10.5. The first kappa shape index (κ1) is 22.7. The van der Waals surface area contributed by atoms with Gasteiger partial charge in [-0.15, -0.1) is 0 Å². The molecule has 0 saturated carbocycles. The standard InChI is InChI=1S/C27H34N6O/c1-17(2)23-24(30-31-25(23)22-11-18(3)26-28-16-29-33(26)12-22)21-9-7-20(8-10-21)19(4)32(6)13-27(5)14-34-15-27/h7-12,16-17,19H,13-15H2,1-6H3,(H,30,31)/t19-/m0/s1. The highest BCUT2D eigenvalue weighted by atomic mass is 16.5. The Balaban J connectivity index is 1.44. The van der Waals surface area contributed by atoms with Crippen LogP contribution in [0.25, 0.3) is 28.2 Å². The van der Waals surface area contributed by atoms with Crippen LogP contribution in [0.4, 0.5) is 0 Å². The first-order valence-corrected chi connectivity index (χ1v) is 12.0. The van der Waals surface area contributed by atoms with Gasteiger partial charge in [-0.3, -0.25) is 10.00 Å². The Morgan fingerprint density at radius 1 is 1.15 bits per heavy atom. The minimum atomic E-state index is 0.273. The van der Waals surface area contributed by atoms with E-state index in [4.69, 9.17) is 9.84 Å². The maximum Gasteiger partial charge on any atom is 0.158 e. The van der Waals surface area contributed by atoms with Crippen molar-refractivity contribution in [3.63, 3.8) is 0 Å². The SMILES string of the molecule is Cc1cc(-c2n[nH]c(-c3ccc([C@H](C)N(C)CC4(C)COC4)cc3)c2C(C)C)cn2ncnc12. The topological polar surface area (TPSA) is 71.3 Å². The molecule has 178 valence electrons. The zero-order valence-electron chi connectivity index (χ0n) is 21.0. The summed E-state index contributed by atoms with van der Waals surface area (Å²) in [4.78, 5) is 6.76. The van der Waals surface area contributed by atoms with E-state index in [0.717, 1.165) is 53.5 Å². The van der Waals surface area contributed by atoms with Gasteiger partial charge in [-0.25, -0.2) is 9.50 Å². The maximum absolute atomic E-state index is 5.43. The van der Waals surface area contributed by atoms with Gasteiger partial charge in [-0.2, -0.15) is 10.2 Å². The molecule has 5 rings (SSSR count). The highest BCUT2D eigenvalue weighted by Gasteiger charge is 2.35. The van der Waals surface area contributed by atoms with E-state index >= 15 is 0 Å². The predicted octanol–water partition coefficient (Wildman–Crippen LogP) is 5.25. The van der Waals surface area contributed by atoms with Gasteiger partial charge in [0.1, 0.15) is 6.33 Å². The number of nitrogens with one attached hydrogen (secondary N) is 1. The van der Waals surface area contributed by atoms with Crippen molar-refractivity contribution in [1.29, 1.82) is 0 Å². The second-order valence-corrected chi connectivity index (χ2v) is 10.5. The van der Waals surface area contributed by atoms with Crippen LogP contribution in [-0.2, 0) is 4.74 Å². The van der Waals surface area contributed by atoms with Crippen molar-refractivity contribution in [2.75, 3.05) is 26.8 Å². The van der Waals surface area contributed by atoms with Gasteiger partial charge < -0.3 is 4.74 Å². The van der Waals surface area contributed by atoms with Gasteiger partial charge in [0.25, 0.3) is 0 Å². The van der Waals surface area contributed by atoms with E-state index in [1.807, 2.05) is 10.7 Å². The average molecular weight is 459 g/mol. The van der Waals surface area contributed by atoms with Crippen molar-refractivity contribution < 1.29 is 4.74 Å². The van der Waals surface area contributed by atoms with Crippen LogP contribution in [-0.4, -0.2) is 56.5 Å². The predicted molar refractivity (Wildman–Crippen MR) is 135 cm³/mol. The van der Waals surface area contributed by atoms with Crippen LogP contribution < -0.4 is 0 Å². The number of hydrogen-bond donors (Lipinski definition) is 1. The first-order chi connectivity index (χ1) is 16.3.